The summed E-state index contributed by atoms with van der Waals surface area (Å²) in [6, 6.07) is 0. The van der Waals surface area contributed by atoms with Gasteiger partial charge in [0.1, 0.15) is 5.76 Å². The lowest BCUT2D eigenvalue weighted by Gasteiger charge is -2.10. The van der Waals surface area contributed by atoms with E-state index in [1.807, 2.05) is 14.0 Å². The van der Waals surface area contributed by atoms with Crippen molar-refractivity contribution in [2.75, 3.05) is 14.2 Å². The molecule has 0 bridgehead atoms. The fraction of sp³-hybridized carbons (Fsp3) is 0.714. The van der Waals surface area contributed by atoms with Crippen molar-refractivity contribution in [2.24, 2.45) is 0 Å². The van der Waals surface area contributed by atoms with Crippen LogP contribution in [0.15, 0.2) is 11.5 Å². The first-order valence-corrected chi connectivity index (χ1v) is 3.42. The summed E-state index contributed by atoms with van der Waals surface area (Å²) in [5, 5.41) is 0. The summed E-state index contributed by atoms with van der Waals surface area (Å²) in [7, 11) is 3.50. The Hall–Kier alpha value is -0.700. The Balaban J connectivity index is 4.00. The standard InChI is InChI=1S/C7H16N2O/c1-5-7(9-8-3)6(2)10-4/h8-9H,5H2,1-4H3/b7-6+. The zero-order valence-electron chi connectivity index (χ0n) is 7.12. The second-order valence-electron chi connectivity index (χ2n) is 1.97. The summed E-state index contributed by atoms with van der Waals surface area (Å²) in [5.74, 6) is 0.928. The van der Waals surface area contributed by atoms with Crippen LogP contribution < -0.4 is 10.9 Å². The van der Waals surface area contributed by atoms with Crippen molar-refractivity contribution >= 4 is 0 Å². The van der Waals surface area contributed by atoms with Gasteiger partial charge >= 0.3 is 0 Å². The highest BCUT2D eigenvalue weighted by molar-refractivity contribution is 5.02. The first-order chi connectivity index (χ1) is 4.76. The molecule has 0 amide bonds. The molecule has 0 aliphatic rings. The Morgan fingerprint density at radius 2 is 2.10 bits per heavy atom. The third kappa shape index (κ3) is 2.73. The van der Waals surface area contributed by atoms with Crippen LogP contribution in [0, 0.1) is 0 Å². The average Bonchev–Trinajstić information content (AvgIpc) is 1.99. The minimum atomic E-state index is 0.928. The summed E-state index contributed by atoms with van der Waals surface area (Å²) >= 11 is 0. The summed E-state index contributed by atoms with van der Waals surface area (Å²) in [4.78, 5) is 0. The van der Waals surface area contributed by atoms with Crippen LogP contribution in [0.1, 0.15) is 20.3 Å². The van der Waals surface area contributed by atoms with Crippen LogP contribution in [0.4, 0.5) is 0 Å². The Bertz CT molecular complexity index is 121. The first kappa shape index (κ1) is 9.30. The molecule has 0 aliphatic heterocycles. The molecule has 0 fully saturated rings. The maximum Gasteiger partial charge on any atom is 0.113 e. The summed E-state index contributed by atoms with van der Waals surface area (Å²) in [5.41, 5.74) is 6.92. The van der Waals surface area contributed by atoms with Crippen LogP contribution >= 0.6 is 0 Å². The van der Waals surface area contributed by atoms with Gasteiger partial charge in [-0.2, -0.15) is 0 Å². The van der Waals surface area contributed by atoms with E-state index in [4.69, 9.17) is 4.74 Å². The first-order valence-electron chi connectivity index (χ1n) is 3.42. The Kier molecular flexibility index (Phi) is 4.76. The smallest absolute Gasteiger partial charge is 0.113 e. The number of hydrogen-bond acceptors (Lipinski definition) is 3. The topological polar surface area (TPSA) is 33.3 Å². The lowest BCUT2D eigenvalue weighted by molar-refractivity contribution is 0.282. The van der Waals surface area contributed by atoms with Crippen molar-refractivity contribution < 1.29 is 4.74 Å². The van der Waals surface area contributed by atoms with E-state index < -0.39 is 0 Å². The van der Waals surface area contributed by atoms with Gasteiger partial charge in [0.25, 0.3) is 0 Å². The van der Waals surface area contributed by atoms with Crippen LogP contribution in [0.2, 0.25) is 0 Å². The molecular weight excluding hydrogens is 128 g/mol. The van der Waals surface area contributed by atoms with Crippen molar-refractivity contribution in [1.29, 1.82) is 0 Å². The van der Waals surface area contributed by atoms with Crippen molar-refractivity contribution in [3.63, 3.8) is 0 Å². The van der Waals surface area contributed by atoms with Gasteiger partial charge in [-0.05, 0) is 13.3 Å². The SMILES string of the molecule is CC/C(NNC)=C(/C)OC. The molecule has 0 heterocycles. The molecule has 0 aromatic carbocycles. The molecule has 0 unspecified atom stereocenters. The van der Waals surface area contributed by atoms with Crippen molar-refractivity contribution in [1.82, 2.24) is 10.9 Å². The highest BCUT2D eigenvalue weighted by atomic mass is 16.5. The lowest BCUT2D eigenvalue weighted by Crippen LogP contribution is -2.27. The molecule has 0 radical (unpaired) electrons. The molecule has 0 aliphatic carbocycles. The van der Waals surface area contributed by atoms with Gasteiger partial charge in [0.2, 0.25) is 0 Å². The molecule has 0 atom stereocenters. The third-order valence-corrected chi connectivity index (χ3v) is 1.36. The van der Waals surface area contributed by atoms with Crippen LogP contribution in [0.25, 0.3) is 0 Å². The van der Waals surface area contributed by atoms with E-state index in [1.165, 1.54) is 0 Å². The van der Waals surface area contributed by atoms with Gasteiger partial charge in [-0.15, -0.1) is 0 Å². The molecule has 0 saturated carbocycles. The van der Waals surface area contributed by atoms with Gasteiger partial charge in [-0.25, -0.2) is 5.43 Å². The average molecular weight is 144 g/mol. The second kappa shape index (κ2) is 5.11. The molecule has 3 heteroatoms. The molecule has 0 spiro atoms. The Morgan fingerprint density at radius 1 is 1.50 bits per heavy atom. The van der Waals surface area contributed by atoms with Crippen LogP contribution in [0.5, 0.6) is 0 Å². The van der Waals surface area contributed by atoms with Gasteiger partial charge in [-0.3, -0.25) is 0 Å². The number of hydrogen-bond donors (Lipinski definition) is 2. The molecule has 0 aromatic rings. The largest absolute Gasteiger partial charge is 0.500 e. The monoisotopic (exact) mass is 144 g/mol. The van der Waals surface area contributed by atoms with E-state index in [1.54, 1.807) is 7.11 Å². The fourth-order valence-electron chi connectivity index (χ4n) is 0.699. The van der Waals surface area contributed by atoms with E-state index >= 15 is 0 Å². The number of ether oxygens (including phenoxy) is 1. The van der Waals surface area contributed by atoms with Gasteiger partial charge < -0.3 is 10.2 Å². The molecule has 2 N–H and O–H groups in total. The van der Waals surface area contributed by atoms with E-state index in [-0.39, 0.29) is 0 Å². The summed E-state index contributed by atoms with van der Waals surface area (Å²) < 4.78 is 5.03. The van der Waals surface area contributed by atoms with E-state index in [0.29, 0.717) is 0 Å². The molecule has 60 valence electrons. The molecule has 0 saturated heterocycles. The highest BCUT2D eigenvalue weighted by Crippen LogP contribution is 2.03. The fourth-order valence-corrected chi connectivity index (χ4v) is 0.699. The number of allylic oxidation sites excluding steroid dienone is 2. The van der Waals surface area contributed by atoms with Crippen molar-refractivity contribution in [2.45, 2.75) is 20.3 Å². The zero-order chi connectivity index (χ0) is 7.98. The van der Waals surface area contributed by atoms with Gasteiger partial charge in [0.05, 0.1) is 12.8 Å². The number of nitrogens with one attached hydrogen (secondary N) is 2. The number of methoxy groups -OCH3 is 1. The van der Waals surface area contributed by atoms with E-state index in [0.717, 1.165) is 17.9 Å². The predicted octanol–water partition coefficient (Wildman–Crippen LogP) is 0.998. The van der Waals surface area contributed by atoms with Crippen LogP contribution in [0.3, 0.4) is 0 Å². The Morgan fingerprint density at radius 3 is 2.40 bits per heavy atom. The third-order valence-electron chi connectivity index (χ3n) is 1.36. The van der Waals surface area contributed by atoms with E-state index in [2.05, 4.69) is 17.8 Å². The van der Waals surface area contributed by atoms with Gasteiger partial charge in [0, 0.05) is 7.05 Å². The van der Waals surface area contributed by atoms with Gasteiger partial charge in [-0.1, -0.05) is 6.92 Å². The Labute approximate surface area is 62.4 Å². The van der Waals surface area contributed by atoms with E-state index in [9.17, 15) is 0 Å². The molecule has 10 heavy (non-hydrogen) atoms. The van der Waals surface area contributed by atoms with Crippen LogP contribution in [-0.2, 0) is 4.74 Å². The van der Waals surface area contributed by atoms with Gasteiger partial charge in [0.15, 0.2) is 0 Å². The minimum Gasteiger partial charge on any atom is -0.500 e. The molecule has 0 rings (SSSR count). The van der Waals surface area contributed by atoms with Crippen LogP contribution in [-0.4, -0.2) is 14.2 Å². The van der Waals surface area contributed by atoms with Crippen molar-refractivity contribution in [3.8, 4) is 0 Å². The second-order valence-corrected chi connectivity index (χ2v) is 1.97. The minimum absolute atomic E-state index is 0.928. The summed E-state index contributed by atoms with van der Waals surface area (Å²) in [6.07, 6.45) is 0.945. The normalized spacial score (nSPS) is 12.4. The molecular formula is C7H16N2O. The summed E-state index contributed by atoms with van der Waals surface area (Å²) in [6.45, 7) is 4.01. The number of rotatable bonds is 4. The predicted molar refractivity (Wildman–Crippen MR) is 42.2 cm³/mol. The molecule has 0 aromatic heterocycles. The lowest BCUT2D eigenvalue weighted by atomic mass is 10.3. The molecule has 3 nitrogen and oxygen atoms in total. The van der Waals surface area contributed by atoms with Crippen molar-refractivity contribution in [3.05, 3.63) is 11.5 Å². The quantitative estimate of drug-likeness (QED) is 0.456. The maximum absolute atomic E-state index is 5.03. The highest BCUT2D eigenvalue weighted by Gasteiger charge is 1.96. The number of hydrazine groups is 1. The maximum atomic E-state index is 5.03. The zero-order valence-corrected chi connectivity index (χ0v) is 7.12.